The number of fused-ring (bicyclic) bond motifs is 1. The average Bonchev–Trinajstić information content (AvgIpc) is 3.21. The minimum atomic E-state index is -4.51. The second-order valence-electron chi connectivity index (χ2n) is 8.95. The van der Waals surface area contributed by atoms with Crippen molar-refractivity contribution in [2.24, 2.45) is 14.1 Å². The number of aromatic nitrogens is 2. The standard InChI is InChI=1S/C10H10F3N2.C10H11F3O.C9H10O.BF3.FH/c1-14-7-5-3-4-6-8(7)15(2)9(14)10(11,12)13;11-10(12,13)9(14)7-6-8-4-2-1-3-5-8;10-8-4-7-9-5-2-1-3-6-9;2-1(3)4;/h3-6H,1-2H3;1-5,9,14H,6-7H2;1-3,5-6,8H,4,7H2;;1H/q+1;;;;/p-1. The van der Waals surface area contributed by atoms with Crippen LogP contribution < -0.4 is 9.27 Å². The van der Waals surface area contributed by atoms with Crippen LogP contribution >= 0.6 is 0 Å². The summed E-state index contributed by atoms with van der Waals surface area (Å²) in [5, 5.41) is 8.72. The molecule has 4 aromatic rings. The van der Waals surface area contributed by atoms with Crippen molar-refractivity contribution in [1.29, 1.82) is 0 Å². The Balaban J connectivity index is 0.000000597. The first-order valence-electron chi connectivity index (χ1n) is 12.8. The number of para-hydroxylation sites is 2. The number of aliphatic hydroxyl groups is 1. The molecule has 1 heterocycles. The molecule has 4 nitrogen and oxygen atoms in total. The van der Waals surface area contributed by atoms with E-state index < -0.39 is 31.8 Å². The van der Waals surface area contributed by atoms with Crippen LogP contribution in [0.4, 0.5) is 39.3 Å². The number of imidazole rings is 1. The molecule has 0 aliphatic carbocycles. The van der Waals surface area contributed by atoms with E-state index in [4.69, 9.17) is 5.11 Å². The molecule has 1 atom stereocenters. The third-order valence-corrected chi connectivity index (χ3v) is 5.81. The van der Waals surface area contributed by atoms with Crippen LogP contribution in [0.2, 0.25) is 0 Å². The van der Waals surface area contributed by atoms with E-state index >= 15 is 0 Å². The van der Waals surface area contributed by atoms with Gasteiger partial charge >= 0.3 is 25.7 Å². The third-order valence-electron chi connectivity index (χ3n) is 5.81. The summed E-state index contributed by atoms with van der Waals surface area (Å²) in [6.45, 7) is 0. The van der Waals surface area contributed by atoms with E-state index in [1.165, 1.54) is 19.7 Å². The van der Waals surface area contributed by atoms with Crippen molar-refractivity contribution in [1.82, 2.24) is 4.57 Å². The Hall–Kier alpha value is -3.88. The van der Waals surface area contributed by atoms with Gasteiger partial charge in [0.1, 0.15) is 12.4 Å². The Labute approximate surface area is 248 Å². The van der Waals surface area contributed by atoms with Gasteiger partial charge in [-0.3, -0.25) is 12.9 Å². The van der Waals surface area contributed by atoms with Crippen molar-refractivity contribution >= 4 is 24.9 Å². The third kappa shape index (κ3) is 14.5. The first-order valence-corrected chi connectivity index (χ1v) is 12.8. The molecule has 0 saturated carbocycles. The fraction of sp³-hybridized carbons (Fsp3) is 0.310. The summed E-state index contributed by atoms with van der Waals surface area (Å²) in [6, 6.07) is 25.6. The Morgan fingerprint density at radius 3 is 1.66 bits per heavy atom. The highest BCUT2D eigenvalue weighted by atomic mass is 19.4. The van der Waals surface area contributed by atoms with E-state index in [1.54, 1.807) is 54.6 Å². The summed E-state index contributed by atoms with van der Waals surface area (Å²) in [5.41, 5.74) is 3.19. The fourth-order valence-electron chi connectivity index (χ4n) is 3.85. The van der Waals surface area contributed by atoms with E-state index in [1.807, 2.05) is 30.3 Å². The highest BCUT2D eigenvalue weighted by Gasteiger charge is 2.45. The number of aliphatic hydroxyl groups excluding tert-OH is 1. The lowest BCUT2D eigenvalue weighted by molar-refractivity contribution is -0.667. The largest absolute Gasteiger partial charge is 1.00 e. The lowest BCUT2D eigenvalue weighted by Crippen LogP contribution is -3.00. The highest BCUT2D eigenvalue weighted by molar-refractivity contribution is 6.33. The topological polar surface area (TPSA) is 46.1 Å². The van der Waals surface area contributed by atoms with Gasteiger partial charge in [0.25, 0.3) is 0 Å². The van der Waals surface area contributed by atoms with E-state index in [0.29, 0.717) is 17.5 Å². The average molecular weight is 640 g/mol. The predicted octanol–water partition coefficient (Wildman–Crippen LogP) is 4.27. The Kier molecular flexibility index (Phi) is 17.7. The van der Waals surface area contributed by atoms with Gasteiger partial charge in [-0.2, -0.15) is 26.3 Å². The molecule has 0 fully saturated rings. The quantitative estimate of drug-likeness (QED) is 0.148. The van der Waals surface area contributed by atoms with Gasteiger partial charge in [-0.1, -0.05) is 72.8 Å². The van der Waals surface area contributed by atoms with Gasteiger partial charge in [-0.05, 0) is 42.5 Å². The van der Waals surface area contributed by atoms with Crippen LogP contribution in [0.3, 0.4) is 0 Å². The molecule has 0 amide bonds. The van der Waals surface area contributed by atoms with Crippen LogP contribution in [0.1, 0.15) is 29.8 Å². The monoisotopic (exact) mass is 640 g/mol. The zero-order valence-corrected chi connectivity index (χ0v) is 23.7. The molecule has 44 heavy (non-hydrogen) atoms. The summed E-state index contributed by atoms with van der Waals surface area (Å²) in [7, 11) is -0.823. The summed E-state index contributed by atoms with van der Waals surface area (Å²) in [5.74, 6) is -0.649. The smallest absolute Gasteiger partial charge is 0.762 e. The maximum atomic E-state index is 12.7. The first kappa shape index (κ1) is 40.1. The van der Waals surface area contributed by atoms with Crippen LogP contribution in [0.25, 0.3) is 11.0 Å². The number of carbonyl (C=O) groups excluding carboxylic acids is 1. The number of alkyl halides is 6. The first-order chi connectivity index (χ1) is 20.1. The van der Waals surface area contributed by atoms with Crippen molar-refractivity contribution in [2.45, 2.75) is 44.1 Å². The predicted molar refractivity (Wildman–Crippen MR) is 146 cm³/mol. The minimum Gasteiger partial charge on any atom is -1.00 e. The van der Waals surface area contributed by atoms with Gasteiger partial charge < -0.3 is 14.6 Å². The van der Waals surface area contributed by atoms with Gasteiger partial charge in [0.15, 0.2) is 11.0 Å². The number of rotatable bonds is 6. The number of aryl methyl sites for hydroxylation is 4. The maximum Gasteiger partial charge on any atom is 0.762 e. The summed E-state index contributed by atoms with van der Waals surface area (Å²) in [4.78, 5) is 9.98. The second-order valence-corrected chi connectivity index (χ2v) is 8.95. The molecule has 0 radical (unpaired) electrons. The van der Waals surface area contributed by atoms with Crippen LogP contribution in [0, 0.1) is 0 Å². The fourth-order valence-corrected chi connectivity index (χ4v) is 3.85. The number of halogens is 10. The molecule has 0 aliphatic rings. The number of aldehydes is 1. The molecule has 0 spiro atoms. The number of hydrogen-bond acceptors (Lipinski definition) is 2. The molecular weight excluding hydrogens is 609 g/mol. The van der Waals surface area contributed by atoms with Crippen molar-refractivity contribution in [3.63, 3.8) is 0 Å². The molecule has 0 aliphatic heterocycles. The Morgan fingerprint density at radius 1 is 0.818 bits per heavy atom. The summed E-state index contributed by atoms with van der Waals surface area (Å²) >= 11 is 0. The summed E-state index contributed by atoms with van der Waals surface area (Å²) in [6.07, 6.45) is -8.66. The van der Waals surface area contributed by atoms with E-state index in [2.05, 4.69) is 0 Å². The van der Waals surface area contributed by atoms with E-state index in [9.17, 15) is 44.1 Å². The number of benzene rings is 3. The highest BCUT2D eigenvalue weighted by Crippen LogP contribution is 2.29. The zero-order valence-electron chi connectivity index (χ0n) is 23.7. The van der Waals surface area contributed by atoms with Gasteiger partial charge in [0.2, 0.25) is 0 Å². The van der Waals surface area contributed by atoms with Gasteiger partial charge in [-0.25, -0.2) is 9.13 Å². The Morgan fingerprint density at radius 2 is 1.25 bits per heavy atom. The van der Waals surface area contributed by atoms with Crippen molar-refractivity contribution in [3.8, 4) is 0 Å². The molecule has 1 N–H and O–H groups in total. The summed E-state index contributed by atoms with van der Waals surface area (Å²) < 4.78 is 105. The molecule has 4 rings (SSSR count). The van der Waals surface area contributed by atoms with Crippen molar-refractivity contribution in [2.75, 3.05) is 0 Å². The zero-order chi connectivity index (χ0) is 32.6. The molecule has 15 heteroatoms. The van der Waals surface area contributed by atoms with Crippen LogP contribution in [-0.4, -0.2) is 35.8 Å². The van der Waals surface area contributed by atoms with Crippen LogP contribution in [0.5, 0.6) is 0 Å². The van der Waals surface area contributed by atoms with Gasteiger partial charge in [-0.15, -0.1) is 0 Å². The minimum absolute atomic E-state index is 0. The van der Waals surface area contributed by atoms with Crippen molar-refractivity contribution < 1.29 is 58.5 Å². The van der Waals surface area contributed by atoms with Crippen LogP contribution in [-0.2, 0) is 37.9 Å². The lowest BCUT2D eigenvalue weighted by atomic mass is 10.1. The lowest BCUT2D eigenvalue weighted by Gasteiger charge is -2.13. The van der Waals surface area contributed by atoms with E-state index in [-0.39, 0.29) is 17.5 Å². The molecule has 0 bridgehead atoms. The van der Waals surface area contributed by atoms with Gasteiger partial charge in [0.05, 0.1) is 14.1 Å². The van der Waals surface area contributed by atoms with Gasteiger partial charge in [0, 0.05) is 6.42 Å². The molecule has 0 saturated heterocycles. The Bertz CT molecular complexity index is 1310. The molecule has 3 aromatic carbocycles. The molecule has 1 aromatic heterocycles. The van der Waals surface area contributed by atoms with E-state index in [0.717, 1.165) is 27.4 Å². The molecule has 242 valence electrons. The normalized spacial score (nSPS) is 11.4. The number of hydrogen-bond donors (Lipinski definition) is 1. The van der Waals surface area contributed by atoms with Crippen molar-refractivity contribution in [3.05, 3.63) is 102 Å². The SMILES string of the molecule is Cn1c(C(F)(F)F)[n+](C)c2ccccc21.FB(F)F.O=CCCc1ccccc1.OC(CCc1ccccc1)C(F)(F)F.[F-]. The molecular formula is C29H31BF10N2O2. The second kappa shape index (κ2) is 19.4. The number of carbonyl (C=O) groups is 1. The van der Waals surface area contributed by atoms with Crippen LogP contribution in [0.15, 0.2) is 84.9 Å². The molecule has 1 unspecified atom stereocenters. The number of nitrogens with zero attached hydrogens (tertiary/aromatic N) is 2. The maximum absolute atomic E-state index is 12.7.